The van der Waals surface area contributed by atoms with Gasteiger partial charge in [0.1, 0.15) is 12.3 Å². The molecule has 2 aromatic rings. The van der Waals surface area contributed by atoms with E-state index in [2.05, 4.69) is 27.7 Å². The fraction of sp³-hybridized carbons (Fsp3) is 0.600. The topological polar surface area (TPSA) is 58.7 Å². The van der Waals surface area contributed by atoms with Crippen LogP contribution in [0.15, 0.2) is 41.1 Å². The molecule has 0 saturated carbocycles. The highest BCUT2D eigenvalue weighted by Crippen LogP contribution is 2.26. The number of amides is 2. The summed E-state index contributed by atoms with van der Waals surface area (Å²) in [5.41, 5.74) is 1.20. The van der Waals surface area contributed by atoms with Crippen LogP contribution in [0.5, 0.6) is 0 Å². The molecule has 0 fully saturated rings. The normalized spacial score (nSPS) is 12.8. The Bertz CT molecular complexity index is 831. The van der Waals surface area contributed by atoms with Gasteiger partial charge in [-0.1, -0.05) is 27.7 Å². The number of hydrogen-bond donors (Lipinski definition) is 0. The molecule has 0 unspecified atom stereocenters. The first kappa shape index (κ1) is 24.8. The van der Waals surface area contributed by atoms with E-state index in [-0.39, 0.29) is 35.7 Å². The molecule has 2 rings (SSSR count). The maximum absolute atomic E-state index is 13.3. The lowest BCUT2D eigenvalue weighted by Crippen LogP contribution is -2.46. The lowest BCUT2D eigenvalue weighted by molar-refractivity contribution is -0.143. The molecule has 6 nitrogen and oxygen atoms in total. The van der Waals surface area contributed by atoms with Crippen LogP contribution in [-0.4, -0.2) is 38.8 Å². The summed E-state index contributed by atoms with van der Waals surface area (Å²) in [5.74, 6) is 0.954. The Hall–Kier alpha value is -2.50. The lowest BCUT2D eigenvalue weighted by Gasteiger charge is -2.31. The minimum atomic E-state index is -0.0804. The monoisotopic (exact) mass is 429 g/mol. The summed E-state index contributed by atoms with van der Waals surface area (Å²) in [6.45, 7) is 13.5. The van der Waals surface area contributed by atoms with Gasteiger partial charge in [-0.05, 0) is 55.9 Å². The van der Waals surface area contributed by atoms with Gasteiger partial charge in [-0.2, -0.15) is 0 Å². The third-order valence-corrected chi connectivity index (χ3v) is 5.42. The minimum absolute atomic E-state index is 0.0388. The van der Waals surface area contributed by atoms with Crippen molar-refractivity contribution < 1.29 is 14.0 Å². The maximum atomic E-state index is 13.3. The Morgan fingerprint density at radius 3 is 2.29 bits per heavy atom. The average Bonchev–Trinajstić information content (AvgIpc) is 3.28. The number of carbonyl (C=O) groups excluding carboxylic acids is 2. The predicted molar refractivity (Wildman–Crippen MR) is 123 cm³/mol. The van der Waals surface area contributed by atoms with Gasteiger partial charge < -0.3 is 18.8 Å². The Morgan fingerprint density at radius 2 is 1.77 bits per heavy atom. The Kier molecular flexibility index (Phi) is 8.54. The van der Waals surface area contributed by atoms with Gasteiger partial charge in [0.05, 0.1) is 19.4 Å². The molecule has 2 amide bonds. The molecule has 0 spiro atoms. The van der Waals surface area contributed by atoms with Crippen LogP contribution in [-0.2, 0) is 29.7 Å². The first-order valence-corrected chi connectivity index (χ1v) is 11.2. The summed E-state index contributed by atoms with van der Waals surface area (Å²) in [7, 11) is 1.96. The molecule has 0 N–H and O–H groups in total. The van der Waals surface area contributed by atoms with Crippen molar-refractivity contribution in [3.63, 3.8) is 0 Å². The van der Waals surface area contributed by atoms with E-state index in [0.29, 0.717) is 19.5 Å². The summed E-state index contributed by atoms with van der Waals surface area (Å²) < 4.78 is 7.48. The van der Waals surface area contributed by atoms with E-state index in [1.54, 1.807) is 16.1 Å². The van der Waals surface area contributed by atoms with Crippen molar-refractivity contribution in [3.8, 4) is 0 Å². The number of carbonyl (C=O) groups is 2. The summed E-state index contributed by atoms with van der Waals surface area (Å²) in [6.07, 6.45) is 5.00. The number of hydrogen-bond acceptors (Lipinski definition) is 3. The van der Waals surface area contributed by atoms with E-state index >= 15 is 0 Å². The number of aromatic nitrogens is 1. The van der Waals surface area contributed by atoms with Gasteiger partial charge in [-0.25, -0.2) is 0 Å². The van der Waals surface area contributed by atoms with Crippen molar-refractivity contribution in [1.29, 1.82) is 0 Å². The molecule has 0 aliphatic rings. The zero-order chi connectivity index (χ0) is 23.2. The molecule has 0 aromatic carbocycles. The summed E-state index contributed by atoms with van der Waals surface area (Å²) in [5, 5.41) is 0. The zero-order valence-electron chi connectivity index (χ0n) is 20.2. The molecule has 2 heterocycles. The van der Waals surface area contributed by atoms with E-state index in [0.717, 1.165) is 17.9 Å². The second kappa shape index (κ2) is 10.7. The third kappa shape index (κ3) is 7.93. The highest BCUT2D eigenvalue weighted by atomic mass is 16.3. The van der Waals surface area contributed by atoms with E-state index in [4.69, 9.17) is 4.42 Å². The highest BCUT2D eigenvalue weighted by molar-refractivity contribution is 5.85. The van der Waals surface area contributed by atoms with Crippen molar-refractivity contribution in [1.82, 2.24) is 14.4 Å². The summed E-state index contributed by atoms with van der Waals surface area (Å²) in [6, 6.07) is 7.61. The molecule has 0 aliphatic heterocycles. The van der Waals surface area contributed by atoms with E-state index in [9.17, 15) is 9.59 Å². The van der Waals surface area contributed by atoms with Gasteiger partial charge in [0.2, 0.25) is 11.8 Å². The van der Waals surface area contributed by atoms with Crippen molar-refractivity contribution in [3.05, 3.63) is 48.2 Å². The standard InChI is InChI=1S/C25H39N3O3/c1-19(2)28(23(29)14-20(3)15-25(4,5)6)18-24(30)27(17-22-11-9-13-31-22)16-21-10-8-12-26(21)7/h8-13,19-20H,14-18H2,1-7H3/t20-/m0/s1. The van der Waals surface area contributed by atoms with Crippen molar-refractivity contribution in [2.75, 3.05) is 6.54 Å². The van der Waals surface area contributed by atoms with E-state index in [1.807, 2.05) is 55.9 Å². The van der Waals surface area contributed by atoms with Gasteiger partial charge in [0.15, 0.2) is 0 Å². The number of rotatable bonds is 10. The smallest absolute Gasteiger partial charge is 0.242 e. The molecular weight excluding hydrogens is 390 g/mol. The van der Waals surface area contributed by atoms with Gasteiger partial charge in [0, 0.05) is 31.4 Å². The SMILES string of the molecule is CC(C)N(CC(=O)N(Cc1ccco1)Cc1cccn1C)C(=O)C[C@H](C)CC(C)(C)C. The minimum Gasteiger partial charge on any atom is -0.467 e. The molecule has 0 bridgehead atoms. The van der Waals surface area contributed by atoms with Crippen LogP contribution >= 0.6 is 0 Å². The quantitative estimate of drug-likeness (QED) is 0.543. The molecule has 0 saturated heterocycles. The van der Waals surface area contributed by atoms with Crippen LogP contribution in [0, 0.1) is 11.3 Å². The number of nitrogens with zero attached hydrogens (tertiary/aromatic N) is 3. The average molecular weight is 430 g/mol. The van der Waals surface area contributed by atoms with Crippen LogP contribution in [0.2, 0.25) is 0 Å². The van der Waals surface area contributed by atoms with Gasteiger partial charge in [-0.3, -0.25) is 9.59 Å². The van der Waals surface area contributed by atoms with Gasteiger partial charge >= 0.3 is 0 Å². The van der Waals surface area contributed by atoms with Gasteiger partial charge in [0.25, 0.3) is 0 Å². The second-order valence-electron chi connectivity index (χ2n) is 10.1. The van der Waals surface area contributed by atoms with Crippen LogP contribution in [0.4, 0.5) is 0 Å². The molecule has 2 aromatic heterocycles. The highest BCUT2D eigenvalue weighted by Gasteiger charge is 2.26. The second-order valence-corrected chi connectivity index (χ2v) is 10.1. The first-order valence-electron chi connectivity index (χ1n) is 11.2. The largest absolute Gasteiger partial charge is 0.467 e. The molecule has 0 radical (unpaired) electrons. The Labute approximate surface area is 187 Å². The molecule has 31 heavy (non-hydrogen) atoms. The number of aryl methyl sites for hydroxylation is 1. The maximum Gasteiger partial charge on any atom is 0.242 e. The van der Waals surface area contributed by atoms with Crippen molar-refractivity contribution >= 4 is 11.8 Å². The van der Waals surface area contributed by atoms with Crippen LogP contribution in [0.3, 0.4) is 0 Å². The Morgan fingerprint density at radius 1 is 1.06 bits per heavy atom. The molecule has 6 heteroatoms. The third-order valence-electron chi connectivity index (χ3n) is 5.42. The number of furan rings is 1. The van der Waals surface area contributed by atoms with E-state index in [1.165, 1.54) is 0 Å². The van der Waals surface area contributed by atoms with Crippen molar-refractivity contribution in [2.45, 2.75) is 73.5 Å². The van der Waals surface area contributed by atoms with Gasteiger partial charge in [-0.15, -0.1) is 0 Å². The lowest BCUT2D eigenvalue weighted by atomic mass is 9.84. The summed E-state index contributed by atoms with van der Waals surface area (Å²) in [4.78, 5) is 29.9. The molecule has 0 aliphatic carbocycles. The van der Waals surface area contributed by atoms with Crippen LogP contribution in [0.25, 0.3) is 0 Å². The molecule has 172 valence electrons. The predicted octanol–water partition coefficient (Wildman–Crippen LogP) is 4.85. The summed E-state index contributed by atoms with van der Waals surface area (Å²) >= 11 is 0. The zero-order valence-corrected chi connectivity index (χ0v) is 20.2. The van der Waals surface area contributed by atoms with Crippen LogP contribution < -0.4 is 0 Å². The Balaban J connectivity index is 2.11. The fourth-order valence-electron chi connectivity index (χ4n) is 4.02. The van der Waals surface area contributed by atoms with Crippen LogP contribution in [0.1, 0.15) is 65.8 Å². The fourth-order valence-corrected chi connectivity index (χ4v) is 4.02. The molecular formula is C25H39N3O3. The van der Waals surface area contributed by atoms with E-state index < -0.39 is 0 Å². The van der Waals surface area contributed by atoms with Crippen molar-refractivity contribution in [2.24, 2.45) is 18.4 Å². The first-order chi connectivity index (χ1) is 14.5. The molecule has 1 atom stereocenters.